The minimum atomic E-state index is 0.172. The zero-order valence-corrected chi connectivity index (χ0v) is 13.0. The highest BCUT2D eigenvalue weighted by atomic mass is 32.1. The third kappa shape index (κ3) is 6.56. The van der Waals surface area contributed by atoms with Crippen LogP contribution in [0.1, 0.15) is 53.6 Å². The molecule has 0 spiro atoms. The van der Waals surface area contributed by atoms with Crippen molar-refractivity contribution in [2.24, 2.45) is 0 Å². The molecular formula is C16H23NOS. The smallest absolute Gasteiger partial charge is 0.186 e. The summed E-state index contributed by atoms with van der Waals surface area (Å²) in [5.74, 6) is 6.52. The van der Waals surface area contributed by atoms with E-state index in [1.807, 2.05) is 31.1 Å². The van der Waals surface area contributed by atoms with Crippen LogP contribution in [0, 0.1) is 11.8 Å². The Balaban J connectivity index is 2.42. The summed E-state index contributed by atoms with van der Waals surface area (Å²) in [6.07, 6.45) is 5.96. The monoisotopic (exact) mass is 277 g/mol. The number of carbonyl (C=O) groups is 1. The fourth-order valence-electron chi connectivity index (χ4n) is 1.71. The third-order valence-corrected chi connectivity index (χ3v) is 3.75. The minimum absolute atomic E-state index is 0.172. The van der Waals surface area contributed by atoms with Crippen LogP contribution in [0.5, 0.6) is 0 Å². The summed E-state index contributed by atoms with van der Waals surface area (Å²) in [6, 6.07) is 3.84. The summed E-state index contributed by atoms with van der Waals surface area (Å²) >= 11 is 1.50. The molecule has 0 unspecified atom stereocenters. The minimum Gasteiger partial charge on any atom is -0.302 e. The number of unbranched alkanes of at least 4 members (excludes halogenated alkanes) is 4. The Bertz CT molecular complexity index is 451. The van der Waals surface area contributed by atoms with Crippen LogP contribution in [0.25, 0.3) is 0 Å². The molecule has 1 heterocycles. The maximum absolute atomic E-state index is 11.8. The Hall–Kier alpha value is -1.11. The third-order valence-electron chi connectivity index (χ3n) is 2.71. The van der Waals surface area contributed by atoms with Gasteiger partial charge in [-0.25, -0.2) is 0 Å². The molecule has 0 aliphatic carbocycles. The molecule has 0 fully saturated rings. The van der Waals surface area contributed by atoms with Crippen molar-refractivity contribution in [3.8, 4) is 11.8 Å². The summed E-state index contributed by atoms with van der Waals surface area (Å²) in [7, 11) is 3.81. The molecule has 19 heavy (non-hydrogen) atoms. The van der Waals surface area contributed by atoms with E-state index < -0.39 is 0 Å². The molecule has 0 radical (unpaired) electrons. The standard InChI is InChI=1S/C16H23NOS/c1-4-5-6-7-8-9-10-14-11-12-16(19-14)15(18)13-17(2)3/h11-12H,4-8,13H2,1-3H3. The Morgan fingerprint density at radius 1 is 1.26 bits per heavy atom. The zero-order valence-electron chi connectivity index (χ0n) is 12.2. The topological polar surface area (TPSA) is 20.3 Å². The first-order valence-electron chi connectivity index (χ1n) is 6.90. The number of rotatable bonds is 7. The molecule has 2 nitrogen and oxygen atoms in total. The lowest BCUT2D eigenvalue weighted by Gasteiger charge is -2.05. The lowest BCUT2D eigenvalue weighted by Crippen LogP contribution is -2.20. The molecule has 3 heteroatoms. The van der Waals surface area contributed by atoms with Gasteiger partial charge in [0.2, 0.25) is 0 Å². The second kappa shape index (κ2) is 8.90. The van der Waals surface area contributed by atoms with Gasteiger partial charge in [0.1, 0.15) is 0 Å². The quantitative estimate of drug-likeness (QED) is 0.429. The molecular weight excluding hydrogens is 254 g/mol. The van der Waals surface area contributed by atoms with Crippen molar-refractivity contribution in [1.82, 2.24) is 4.90 Å². The highest BCUT2D eigenvalue weighted by Crippen LogP contribution is 2.16. The number of hydrogen-bond acceptors (Lipinski definition) is 3. The number of thiophene rings is 1. The largest absolute Gasteiger partial charge is 0.302 e. The molecule has 0 bridgehead atoms. The Morgan fingerprint density at radius 3 is 2.74 bits per heavy atom. The molecule has 1 aromatic heterocycles. The van der Waals surface area contributed by atoms with Crippen LogP contribution in [-0.2, 0) is 0 Å². The van der Waals surface area contributed by atoms with Crippen LogP contribution >= 0.6 is 11.3 Å². The van der Waals surface area contributed by atoms with Crippen LogP contribution in [0.3, 0.4) is 0 Å². The van der Waals surface area contributed by atoms with Gasteiger partial charge >= 0.3 is 0 Å². The van der Waals surface area contributed by atoms with Crippen molar-refractivity contribution in [1.29, 1.82) is 0 Å². The Labute approximate surface area is 120 Å². The first-order chi connectivity index (χ1) is 9.13. The molecule has 0 aliphatic heterocycles. The predicted octanol–water partition coefficient (Wildman–Crippen LogP) is 3.81. The van der Waals surface area contributed by atoms with Gasteiger partial charge in [-0.3, -0.25) is 4.79 Å². The second-order valence-electron chi connectivity index (χ2n) is 4.94. The molecule has 0 aliphatic rings. The summed E-state index contributed by atoms with van der Waals surface area (Å²) in [6.45, 7) is 2.67. The van der Waals surface area contributed by atoms with E-state index in [1.165, 1.54) is 37.0 Å². The van der Waals surface area contributed by atoms with E-state index in [1.54, 1.807) is 0 Å². The van der Waals surface area contributed by atoms with E-state index in [2.05, 4.69) is 18.8 Å². The fraction of sp³-hybridized carbons (Fsp3) is 0.562. The highest BCUT2D eigenvalue weighted by Gasteiger charge is 2.09. The number of Topliss-reactive ketones (excluding diaryl/α,β-unsaturated/α-hetero) is 1. The maximum Gasteiger partial charge on any atom is 0.186 e. The highest BCUT2D eigenvalue weighted by molar-refractivity contribution is 7.14. The van der Waals surface area contributed by atoms with E-state index in [-0.39, 0.29) is 5.78 Å². The molecule has 1 aromatic rings. The zero-order chi connectivity index (χ0) is 14.1. The van der Waals surface area contributed by atoms with Crippen molar-refractivity contribution in [2.75, 3.05) is 20.6 Å². The molecule has 0 amide bonds. The molecule has 104 valence electrons. The number of carbonyl (C=O) groups excluding carboxylic acids is 1. The van der Waals surface area contributed by atoms with E-state index in [4.69, 9.17) is 0 Å². The summed E-state index contributed by atoms with van der Waals surface area (Å²) < 4.78 is 0. The molecule has 0 saturated carbocycles. The molecule has 0 saturated heterocycles. The lowest BCUT2D eigenvalue weighted by atomic mass is 10.2. The Kier molecular flexibility index (Phi) is 7.47. The Morgan fingerprint density at radius 2 is 2.05 bits per heavy atom. The molecule has 0 atom stereocenters. The van der Waals surface area contributed by atoms with Gasteiger partial charge in [0.05, 0.1) is 16.3 Å². The van der Waals surface area contributed by atoms with Gasteiger partial charge in [-0.05, 0) is 32.6 Å². The van der Waals surface area contributed by atoms with Gasteiger partial charge < -0.3 is 4.90 Å². The van der Waals surface area contributed by atoms with E-state index in [9.17, 15) is 4.79 Å². The van der Waals surface area contributed by atoms with Crippen LogP contribution in [0.2, 0.25) is 0 Å². The van der Waals surface area contributed by atoms with Gasteiger partial charge in [0, 0.05) is 6.42 Å². The first-order valence-corrected chi connectivity index (χ1v) is 7.71. The van der Waals surface area contributed by atoms with Crippen molar-refractivity contribution >= 4 is 17.1 Å². The number of hydrogen-bond donors (Lipinski definition) is 0. The lowest BCUT2D eigenvalue weighted by molar-refractivity contribution is 0.0962. The van der Waals surface area contributed by atoms with Crippen molar-refractivity contribution in [2.45, 2.75) is 39.0 Å². The van der Waals surface area contributed by atoms with Crippen LogP contribution in [0.4, 0.5) is 0 Å². The van der Waals surface area contributed by atoms with Crippen molar-refractivity contribution < 1.29 is 4.79 Å². The van der Waals surface area contributed by atoms with Crippen LogP contribution < -0.4 is 0 Å². The van der Waals surface area contributed by atoms with Crippen LogP contribution in [-0.4, -0.2) is 31.3 Å². The van der Waals surface area contributed by atoms with E-state index in [0.717, 1.165) is 16.2 Å². The number of ketones is 1. The second-order valence-corrected chi connectivity index (χ2v) is 6.02. The average molecular weight is 277 g/mol. The van der Waals surface area contributed by atoms with Gasteiger partial charge in [-0.1, -0.05) is 38.0 Å². The van der Waals surface area contributed by atoms with Crippen LogP contribution in [0.15, 0.2) is 12.1 Å². The SMILES string of the molecule is CCCCCCC#Cc1ccc(C(=O)CN(C)C)s1. The van der Waals surface area contributed by atoms with Gasteiger partial charge in [-0.15, -0.1) is 11.3 Å². The molecule has 1 rings (SSSR count). The normalized spacial score (nSPS) is 10.3. The van der Waals surface area contributed by atoms with Gasteiger partial charge in [0.15, 0.2) is 5.78 Å². The van der Waals surface area contributed by atoms with E-state index >= 15 is 0 Å². The number of likely N-dealkylation sites (N-methyl/N-ethyl adjacent to an activating group) is 1. The maximum atomic E-state index is 11.8. The molecule has 0 N–H and O–H groups in total. The molecule has 0 aromatic carbocycles. The van der Waals surface area contributed by atoms with Gasteiger partial charge in [0.25, 0.3) is 0 Å². The summed E-state index contributed by atoms with van der Waals surface area (Å²) in [4.78, 5) is 15.5. The fourth-order valence-corrected chi connectivity index (χ4v) is 2.52. The van der Waals surface area contributed by atoms with Gasteiger partial charge in [-0.2, -0.15) is 0 Å². The van der Waals surface area contributed by atoms with E-state index in [0.29, 0.717) is 6.54 Å². The van der Waals surface area contributed by atoms with Crippen molar-refractivity contribution in [3.63, 3.8) is 0 Å². The summed E-state index contributed by atoms with van der Waals surface area (Å²) in [5.41, 5.74) is 0. The average Bonchev–Trinajstić information content (AvgIpc) is 2.81. The predicted molar refractivity (Wildman–Crippen MR) is 82.8 cm³/mol. The first kappa shape index (κ1) is 15.9. The van der Waals surface area contributed by atoms with Crippen molar-refractivity contribution in [3.05, 3.63) is 21.9 Å². The number of nitrogens with zero attached hydrogens (tertiary/aromatic N) is 1. The summed E-state index contributed by atoms with van der Waals surface area (Å²) in [5, 5.41) is 0.